The molecule has 0 saturated carbocycles. The van der Waals surface area contributed by atoms with Crippen molar-refractivity contribution in [1.82, 2.24) is 19.9 Å². The fraction of sp³-hybridized carbons (Fsp3) is 0.235. The molecule has 1 amide bonds. The molecule has 1 atom stereocenters. The fourth-order valence-corrected chi connectivity index (χ4v) is 2.74. The number of carbonyl (C=O) groups excluding carboxylic acids is 1. The first-order chi connectivity index (χ1) is 13.0. The van der Waals surface area contributed by atoms with E-state index >= 15 is 0 Å². The van der Waals surface area contributed by atoms with Crippen LogP contribution in [0.3, 0.4) is 0 Å². The van der Waals surface area contributed by atoms with E-state index in [1.807, 2.05) is 0 Å². The summed E-state index contributed by atoms with van der Waals surface area (Å²) in [5, 5.41) is 9.26. The Morgan fingerprint density at radius 3 is 2.96 bits per heavy atom. The molecule has 2 bridgehead atoms. The summed E-state index contributed by atoms with van der Waals surface area (Å²) in [7, 11) is 0. The quantitative estimate of drug-likeness (QED) is 0.680. The molecule has 2 aromatic heterocycles. The SMILES string of the molecule is O=C1NC(C(F)F)COc2ccc(F)cc2CNc2ccn3ncc1c3n2. The molecule has 0 aliphatic carbocycles. The molecule has 1 aliphatic rings. The summed E-state index contributed by atoms with van der Waals surface area (Å²) >= 11 is 0. The summed E-state index contributed by atoms with van der Waals surface area (Å²) in [6.45, 7) is -0.321. The number of aromatic nitrogens is 3. The summed E-state index contributed by atoms with van der Waals surface area (Å²) in [5.74, 6) is -0.560. The Hall–Kier alpha value is -3.30. The van der Waals surface area contributed by atoms with Crippen molar-refractivity contribution >= 4 is 17.4 Å². The Bertz CT molecular complexity index is 1010. The normalized spacial score (nSPS) is 17.3. The van der Waals surface area contributed by atoms with Gasteiger partial charge in [-0.05, 0) is 24.3 Å². The van der Waals surface area contributed by atoms with Crippen LogP contribution in [0.1, 0.15) is 15.9 Å². The van der Waals surface area contributed by atoms with Crippen LogP contribution >= 0.6 is 0 Å². The van der Waals surface area contributed by atoms with Gasteiger partial charge < -0.3 is 15.4 Å². The third-order valence-electron chi connectivity index (χ3n) is 4.14. The number of amides is 1. The molecule has 140 valence electrons. The number of anilines is 1. The number of hydrogen-bond acceptors (Lipinski definition) is 5. The molecule has 0 saturated heterocycles. The van der Waals surface area contributed by atoms with Crippen molar-refractivity contribution in [2.45, 2.75) is 19.0 Å². The van der Waals surface area contributed by atoms with E-state index in [9.17, 15) is 18.0 Å². The first-order valence-corrected chi connectivity index (χ1v) is 8.10. The van der Waals surface area contributed by atoms with E-state index in [1.54, 1.807) is 12.3 Å². The second-order valence-electron chi connectivity index (χ2n) is 5.97. The van der Waals surface area contributed by atoms with Crippen molar-refractivity contribution in [2.24, 2.45) is 0 Å². The maximum Gasteiger partial charge on any atom is 0.261 e. The van der Waals surface area contributed by atoms with Crippen molar-refractivity contribution in [1.29, 1.82) is 0 Å². The molecule has 0 spiro atoms. The van der Waals surface area contributed by atoms with Gasteiger partial charge >= 0.3 is 0 Å². The smallest absolute Gasteiger partial charge is 0.261 e. The zero-order valence-corrected chi connectivity index (χ0v) is 13.8. The molecule has 3 aromatic rings. The topological polar surface area (TPSA) is 80.5 Å². The van der Waals surface area contributed by atoms with E-state index in [0.717, 1.165) is 0 Å². The lowest BCUT2D eigenvalue weighted by Gasteiger charge is -2.19. The number of alkyl halides is 2. The highest BCUT2D eigenvalue weighted by Crippen LogP contribution is 2.23. The highest BCUT2D eigenvalue weighted by Gasteiger charge is 2.26. The Kier molecular flexibility index (Phi) is 4.30. The number of nitrogens with zero attached hydrogens (tertiary/aromatic N) is 3. The van der Waals surface area contributed by atoms with E-state index in [1.165, 1.54) is 28.9 Å². The van der Waals surface area contributed by atoms with Crippen LogP contribution < -0.4 is 15.4 Å². The summed E-state index contributed by atoms with van der Waals surface area (Å²) in [5.41, 5.74) is 0.709. The first kappa shape index (κ1) is 17.1. The summed E-state index contributed by atoms with van der Waals surface area (Å²) in [6.07, 6.45) is -0.0185. The van der Waals surface area contributed by atoms with Gasteiger partial charge in [-0.1, -0.05) is 0 Å². The molecule has 1 aromatic carbocycles. The predicted molar refractivity (Wildman–Crippen MR) is 89.5 cm³/mol. The van der Waals surface area contributed by atoms with Crippen molar-refractivity contribution in [3.8, 4) is 5.75 Å². The van der Waals surface area contributed by atoms with Gasteiger partial charge in [0.05, 0.1) is 6.20 Å². The first-order valence-electron chi connectivity index (χ1n) is 8.10. The standard InChI is InChI=1S/C17H14F3N5O2/c18-10-1-2-13-9(5-10)6-21-14-3-4-25-16(24-14)11(7-22-25)17(26)23-12(8-27-13)15(19)20/h1-5,7,12,15H,6,8H2,(H,21,24)(H,23,26). The average molecular weight is 377 g/mol. The van der Waals surface area contributed by atoms with Crippen LogP contribution in [-0.2, 0) is 6.54 Å². The van der Waals surface area contributed by atoms with Crippen LogP contribution in [0.15, 0.2) is 36.7 Å². The number of hydrogen-bond donors (Lipinski definition) is 2. The van der Waals surface area contributed by atoms with Gasteiger partial charge in [0.25, 0.3) is 12.3 Å². The second kappa shape index (κ2) is 6.78. The molecule has 27 heavy (non-hydrogen) atoms. The van der Waals surface area contributed by atoms with Crippen LogP contribution in [-0.4, -0.2) is 39.6 Å². The largest absolute Gasteiger partial charge is 0.491 e. The minimum absolute atomic E-state index is 0.0621. The maximum absolute atomic E-state index is 13.6. The van der Waals surface area contributed by atoms with E-state index < -0.39 is 30.8 Å². The predicted octanol–water partition coefficient (Wildman–Crippen LogP) is 2.24. The average Bonchev–Trinajstić information content (AvgIpc) is 3.06. The molecule has 1 unspecified atom stereocenters. The van der Waals surface area contributed by atoms with Crippen molar-refractivity contribution in [2.75, 3.05) is 11.9 Å². The number of fused-ring (bicyclic) bond motifs is 2. The highest BCUT2D eigenvalue weighted by molar-refractivity contribution is 6.00. The molecule has 0 radical (unpaired) electrons. The maximum atomic E-state index is 13.6. The Labute approximate surface area is 151 Å². The zero-order chi connectivity index (χ0) is 19.0. The van der Waals surface area contributed by atoms with E-state index in [-0.39, 0.29) is 23.5 Å². The third-order valence-corrected chi connectivity index (χ3v) is 4.14. The zero-order valence-electron chi connectivity index (χ0n) is 13.8. The number of rotatable bonds is 1. The Balaban J connectivity index is 1.78. The van der Waals surface area contributed by atoms with Crippen LogP contribution in [0.4, 0.5) is 19.0 Å². The highest BCUT2D eigenvalue weighted by atomic mass is 19.3. The lowest BCUT2D eigenvalue weighted by molar-refractivity contribution is 0.0600. The number of ether oxygens (including phenoxy) is 1. The van der Waals surface area contributed by atoms with Gasteiger partial charge in [0.1, 0.15) is 35.6 Å². The van der Waals surface area contributed by atoms with Crippen molar-refractivity contribution in [3.05, 3.63) is 53.6 Å². The Morgan fingerprint density at radius 1 is 1.30 bits per heavy atom. The van der Waals surface area contributed by atoms with Gasteiger partial charge in [-0.3, -0.25) is 4.79 Å². The van der Waals surface area contributed by atoms with E-state index in [4.69, 9.17) is 4.74 Å². The van der Waals surface area contributed by atoms with Gasteiger partial charge in [0, 0.05) is 18.3 Å². The van der Waals surface area contributed by atoms with Crippen LogP contribution in [0.2, 0.25) is 0 Å². The van der Waals surface area contributed by atoms with Crippen molar-refractivity contribution < 1.29 is 22.7 Å². The summed E-state index contributed by atoms with van der Waals surface area (Å²) in [4.78, 5) is 16.7. The molecule has 10 heteroatoms. The Morgan fingerprint density at radius 2 is 2.15 bits per heavy atom. The minimum atomic E-state index is -2.86. The van der Waals surface area contributed by atoms with Crippen LogP contribution in [0, 0.1) is 5.82 Å². The molecule has 3 heterocycles. The van der Waals surface area contributed by atoms with Crippen molar-refractivity contribution in [3.63, 3.8) is 0 Å². The fourth-order valence-electron chi connectivity index (χ4n) is 2.74. The molecule has 1 aliphatic heterocycles. The van der Waals surface area contributed by atoms with E-state index in [2.05, 4.69) is 20.7 Å². The number of carbonyl (C=O) groups is 1. The number of benzene rings is 1. The van der Waals surface area contributed by atoms with Gasteiger partial charge in [-0.25, -0.2) is 22.7 Å². The summed E-state index contributed by atoms with van der Waals surface area (Å²) in [6, 6.07) is 3.86. The molecular formula is C17H14F3N5O2. The van der Waals surface area contributed by atoms with Gasteiger partial charge in [0.15, 0.2) is 5.65 Å². The minimum Gasteiger partial charge on any atom is -0.491 e. The number of halogens is 3. The van der Waals surface area contributed by atoms with E-state index in [0.29, 0.717) is 11.4 Å². The molecule has 7 nitrogen and oxygen atoms in total. The molecule has 2 N–H and O–H groups in total. The monoisotopic (exact) mass is 377 g/mol. The van der Waals surface area contributed by atoms with Gasteiger partial charge in [-0.15, -0.1) is 0 Å². The molecule has 0 fully saturated rings. The van der Waals surface area contributed by atoms with Crippen LogP contribution in [0.25, 0.3) is 5.65 Å². The second-order valence-corrected chi connectivity index (χ2v) is 5.97. The van der Waals surface area contributed by atoms with Gasteiger partial charge in [-0.2, -0.15) is 5.10 Å². The summed E-state index contributed by atoms with van der Waals surface area (Å²) < 4.78 is 47.2. The van der Waals surface area contributed by atoms with Crippen LogP contribution in [0.5, 0.6) is 5.75 Å². The lowest BCUT2D eigenvalue weighted by atomic mass is 10.2. The molecular weight excluding hydrogens is 363 g/mol. The number of nitrogens with one attached hydrogen (secondary N) is 2. The molecule has 4 rings (SSSR count). The lowest BCUT2D eigenvalue weighted by Crippen LogP contribution is -2.44. The third kappa shape index (κ3) is 3.37. The van der Waals surface area contributed by atoms with Gasteiger partial charge in [0.2, 0.25) is 0 Å².